The van der Waals surface area contributed by atoms with Gasteiger partial charge in [-0.3, -0.25) is 4.79 Å². The molecule has 5 nitrogen and oxygen atoms in total. The highest BCUT2D eigenvalue weighted by molar-refractivity contribution is 7.10. The van der Waals surface area contributed by atoms with Crippen LogP contribution in [0.15, 0.2) is 35.4 Å². The summed E-state index contributed by atoms with van der Waals surface area (Å²) in [7, 11) is 0. The summed E-state index contributed by atoms with van der Waals surface area (Å²) in [6.45, 7) is 2.38. The van der Waals surface area contributed by atoms with E-state index in [9.17, 15) is 9.59 Å². The molecule has 2 aliphatic heterocycles. The second kappa shape index (κ2) is 6.46. The first kappa shape index (κ1) is 16.1. The van der Waals surface area contributed by atoms with Gasteiger partial charge in [0, 0.05) is 23.6 Å². The number of esters is 1. The SMILES string of the molecule is Cc1cc(OC(=O)C2CCCO2)cc2c1C(=O)/C(=C/c1cccs1)O2. The molecule has 1 aromatic carbocycles. The molecule has 1 saturated heterocycles. The molecule has 1 atom stereocenters. The van der Waals surface area contributed by atoms with Crippen molar-refractivity contribution in [2.45, 2.75) is 25.9 Å². The summed E-state index contributed by atoms with van der Waals surface area (Å²) >= 11 is 1.53. The van der Waals surface area contributed by atoms with Crippen molar-refractivity contribution in [2.75, 3.05) is 6.61 Å². The first-order chi connectivity index (χ1) is 12.1. The molecule has 2 aliphatic rings. The number of aryl methyl sites for hydroxylation is 1. The minimum atomic E-state index is -0.509. The molecule has 0 aliphatic carbocycles. The fourth-order valence-corrected chi connectivity index (χ4v) is 3.63. The van der Waals surface area contributed by atoms with Crippen LogP contribution in [0.3, 0.4) is 0 Å². The van der Waals surface area contributed by atoms with Crippen molar-refractivity contribution in [3.63, 3.8) is 0 Å². The number of allylic oxidation sites excluding steroid dienone is 1. The van der Waals surface area contributed by atoms with Crippen molar-refractivity contribution in [2.24, 2.45) is 0 Å². The van der Waals surface area contributed by atoms with E-state index < -0.39 is 12.1 Å². The molecule has 1 aromatic heterocycles. The summed E-state index contributed by atoms with van der Waals surface area (Å²) < 4.78 is 16.5. The maximum absolute atomic E-state index is 12.6. The van der Waals surface area contributed by atoms with Gasteiger partial charge in [-0.2, -0.15) is 0 Å². The topological polar surface area (TPSA) is 61.8 Å². The second-order valence-electron chi connectivity index (χ2n) is 5.99. The predicted molar refractivity (Wildman–Crippen MR) is 93.0 cm³/mol. The molecule has 1 unspecified atom stereocenters. The summed E-state index contributed by atoms with van der Waals surface area (Å²) in [5, 5.41) is 1.94. The third-order valence-corrected chi connectivity index (χ3v) is 4.99. The van der Waals surface area contributed by atoms with Crippen molar-refractivity contribution in [1.82, 2.24) is 0 Å². The lowest BCUT2D eigenvalue weighted by atomic mass is 10.0. The number of benzene rings is 1. The lowest BCUT2D eigenvalue weighted by Gasteiger charge is -2.11. The van der Waals surface area contributed by atoms with Crippen LogP contribution in [0.5, 0.6) is 11.5 Å². The van der Waals surface area contributed by atoms with Crippen molar-refractivity contribution in [3.05, 3.63) is 51.4 Å². The Balaban J connectivity index is 1.59. The van der Waals surface area contributed by atoms with Crippen LogP contribution in [0, 0.1) is 6.92 Å². The number of thiophene rings is 1. The number of fused-ring (bicyclic) bond motifs is 1. The summed E-state index contributed by atoms with van der Waals surface area (Å²) in [5.74, 6) is 0.501. The van der Waals surface area contributed by atoms with E-state index in [1.165, 1.54) is 11.3 Å². The Morgan fingerprint density at radius 2 is 2.28 bits per heavy atom. The maximum atomic E-state index is 12.6. The smallest absolute Gasteiger partial charge is 0.340 e. The van der Waals surface area contributed by atoms with E-state index in [0.29, 0.717) is 35.7 Å². The highest BCUT2D eigenvalue weighted by atomic mass is 32.1. The van der Waals surface area contributed by atoms with Gasteiger partial charge in [0.2, 0.25) is 5.78 Å². The van der Waals surface area contributed by atoms with Crippen LogP contribution in [0.25, 0.3) is 6.08 Å². The van der Waals surface area contributed by atoms with Crippen LogP contribution in [0.1, 0.15) is 33.6 Å². The van der Waals surface area contributed by atoms with Gasteiger partial charge in [0.1, 0.15) is 11.5 Å². The molecule has 0 spiro atoms. The predicted octanol–water partition coefficient (Wildman–Crippen LogP) is 3.76. The largest absolute Gasteiger partial charge is 0.452 e. The van der Waals surface area contributed by atoms with Gasteiger partial charge in [0.15, 0.2) is 11.9 Å². The Morgan fingerprint density at radius 3 is 3.00 bits per heavy atom. The molecule has 0 saturated carbocycles. The zero-order chi connectivity index (χ0) is 17.4. The summed E-state index contributed by atoms with van der Waals surface area (Å²) in [4.78, 5) is 25.6. The van der Waals surface area contributed by atoms with Gasteiger partial charge in [-0.25, -0.2) is 4.79 Å². The van der Waals surface area contributed by atoms with Crippen LogP contribution in [-0.2, 0) is 9.53 Å². The fourth-order valence-electron chi connectivity index (χ4n) is 2.98. The second-order valence-corrected chi connectivity index (χ2v) is 6.97. The Labute approximate surface area is 148 Å². The zero-order valence-corrected chi connectivity index (χ0v) is 14.4. The quantitative estimate of drug-likeness (QED) is 0.476. The molecule has 0 bridgehead atoms. The number of carbonyl (C=O) groups is 2. The average Bonchev–Trinajstić information content (AvgIpc) is 3.31. The van der Waals surface area contributed by atoms with Gasteiger partial charge >= 0.3 is 5.97 Å². The van der Waals surface area contributed by atoms with E-state index in [2.05, 4.69) is 0 Å². The first-order valence-electron chi connectivity index (χ1n) is 8.07. The van der Waals surface area contributed by atoms with Gasteiger partial charge in [-0.05, 0) is 42.8 Å². The number of ketones is 1. The molecule has 128 valence electrons. The van der Waals surface area contributed by atoms with E-state index in [0.717, 1.165) is 11.3 Å². The minimum absolute atomic E-state index is 0.155. The van der Waals surface area contributed by atoms with Crippen LogP contribution in [0.4, 0.5) is 0 Å². The Morgan fingerprint density at radius 1 is 1.40 bits per heavy atom. The maximum Gasteiger partial charge on any atom is 0.340 e. The van der Waals surface area contributed by atoms with Crippen molar-refractivity contribution in [1.29, 1.82) is 0 Å². The summed E-state index contributed by atoms with van der Waals surface area (Å²) in [6, 6.07) is 7.10. The molecule has 25 heavy (non-hydrogen) atoms. The zero-order valence-electron chi connectivity index (χ0n) is 13.6. The van der Waals surface area contributed by atoms with Crippen LogP contribution >= 0.6 is 11.3 Å². The van der Waals surface area contributed by atoms with E-state index in [-0.39, 0.29) is 11.5 Å². The number of Topliss-reactive ketones (excluding diaryl/α,β-unsaturated/α-hetero) is 1. The van der Waals surface area contributed by atoms with Crippen LogP contribution in [0.2, 0.25) is 0 Å². The standard InChI is InChI=1S/C19H16O5S/c1-11-8-12(23-19(21)14-5-2-6-22-14)9-15-17(11)18(20)16(24-15)10-13-4-3-7-25-13/h3-4,7-10,14H,2,5-6H2,1H3/b16-10-. The Hall–Kier alpha value is -2.44. The average molecular weight is 356 g/mol. The molecule has 4 rings (SSSR count). The third-order valence-electron chi connectivity index (χ3n) is 4.17. The molecule has 2 aromatic rings. The highest BCUT2D eigenvalue weighted by Crippen LogP contribution is 2.38. The Bertz CT molecular complexity index is 860. The van der Waals surface area contributed by atoms with Crippen molar-refractivity contribution < 1.29 is 23.8 Å². The molecule has 1 fully saturated rings. The summed E-state index contributed by atoms with van der Waals surface area (Å²) in [5.41, 5.74) is 1.23. The normalized spacial score (nSPS) is 20.6. The van der Waals surface area contributed by atoms with E-state index >= 15 is 0 Å². The molecule has 0 amide bonds. The number of hydrogen-bond donors (Lipinski definition) is 0. The van der Waals surface area contributed by atoms with Crippen LogP contribution in [-0.4, -0.2) is 24.5 Å². The fraction of sp³-hybridized carbons (Fsp3) is 0.263. The van der Waals surface area contributed by atoms with Crippen LogP contribution < -0.4 is 9.47 Å². The molecule has 0 N–H and O–H groups in total. The Kier molecular flexibility index (Phi) is 4.15. The number of rotatable bonds is 3. The number of carbonyl (C=O) groups excluding carboxylic acids is 2. The number of hydrogen-bond acceptors (Lipinski definition) is 6. The third kappa shape index (κ3) is 3.10. The summed E-state index contributed by atoms with van der Waals surface area (Å²) in [6.07, 6.45) is 2.75. The van der Waals surface area contributed by atoms with Gasteiger partial charge in [0.05, 0.1) is 5.56 Å². The molecular weight excluding hydrogens is 340 g/mol. The first-order valence-corrected chi connectivity index (χ1v) is 8.95. The van der Waals surface area contributed by atoms with Gasteiger partial charge in [-0.1, -0.05) is 6.07 Å². The van der Waals surface area contributed by atoms with Crippen molar-refractivity contribution in [3.8, 4) is 11.5 Å². The molecular formula is C19H16O5S. The monoisotopic (exact) mass is 356 g/mol. The van der Waals surface area contributed by atoms with E-state index in [4.69, 9.17) is 14.2 Å². The lowest BCUT2D eigenvalue weighted by molar-refractivity contribution is -0.144. The van der Waals surface area contributed by atoms with Gasteiger partial charge in [0.25, 0.3) is 0 Å². The van der Waals surface area contributed by atoms with Gasteiger partial charge < -0.3 is 14.2 Å². The number of ether oxygens (including phenoxy) is 3. The highest BCUT2D eigenvalue weighted by Gasteiger charge is 2.31. The minimum Gasteiger partial charge on any atom is -0.452 e. The van der Waals surface area contributed by atoms with E-state index in [1.807, 2.05) is 17.5 Å². The molecule has 3 heterocycles. The van der Waals surface area contributed by atoms with E-state index in [1.54, 1.807) is 25.1 Å². The molecule has 6 heteroatoms. The van der Waals surface area contributed by atoms with Crippen molar-refractivity contribution >= 4 is 29.2 Å². The van der Waals surface area contributed by atoms with Gasteiger partial charge in [-0.15, -0.1) is 11.3 Å². The lowest BCUT2D eigenvalue weighted by Crippen LogP contribution is -2.24. The molecule has 0 radical (unpaired) electrons.